The van der Waals surface area contributed by atoms with Crippen molar-refractivity contribution in [2.75, 3.05) is 29.1 Å². The minimum atomic E-state index is 0.791. The van der Waals surface area contributed by atoms with Gasteiger partial charge in [0.15, 0.2) is 0 Å². The van der Waals surface area contributed by atoms with E-state index in [-0.39, 0.29) is 0 Å². The first-order valence-electron chi connectivity index (χ1n) is 6.28. The zero-order valence-electron chi connectivity index (χ0n) is 10.2. The van der Waals surface area contributed by atoms with Gasteiger partial charge in [0.25, 0.3) is 0 Å². The molecule has 0 amide bonds. The zero-order valence-corrected chi connectivity index (χ0v) is 11.0. The van der Waals surface area contributed by atoms with Gasteiger partial charge < -0.3 is 11.1 Å². The van der Waals surface area contributed by atoms with Gasteiger partial charge in [0.2, 0.25) is 0 Å². The van der Waals surface area contributed by atoms with Crippen molar-refractivity contribution < 1.29 is 0 Å². The molecule has 3 nitrogen and oxygen atoms in total. The summed E-state index contributed by atoms with van der Waals surface area (Å²) >= 11 is 2.05. The van der Waals surface area contributed by atoms with E-state index in [1.807, 2.05) is 18.3 Å². The monoisotopic (exact) mass is 259 g/mol. The summed E-state index contributed by atoms with van der Waals surface area (Å²) in [5.41, 5.74) is 7.94. The van der Waals surface area contributed by atoms with Crippen LogP contribution in [0.3, 0.4) is 0 Å². The predicted octanol–water partition coefficient (Wildman–Crippen LogP) is 2.98. The fraction of sp³-hybridized carbons (Fsp3) is 0.357. The van der Waals surface area contributed by atoms with Crippen LogP contribution in [-0.4, -0.2) is 23.0 Å². The number of fused-ring (bicyclic) bond motifs is 1. The number of nitrogens with two attached hydrogens (primary N) is 1. The molecule has 18 heavy (non-hydrogen) atoms. The molecule has 1 unspecified atom stereocenters. The number of aromatic nitrogens is 1. The van der Waals surface area contributed by atoms with Crippen molar-refractivity contribution in [3.63, 3.8) is 0 Å². The summed E-state index contributed by atoms with van der Waals surface area (Å²) in [5.74, 6) is 3.37. The molecule has 2 aromatic rings. The Morgan fingerprint density at radius 3 is 3.11 bits per heavy atom. The molecule has 0 aliphatic carbocycles. The van der Waals surface area contributed by atoms with Crippen LogP contribution in [0.25, 0.3) is 10.8 Å². The maximum absolute atomic E-state index is 5.98. The van der Waals surface area contributed by atoms with Gasteiger partial charge in [0, 0.05) is 41.1 Å². The third kappa shape index (κ3) is 2.25. The summed E-state index contributed by atoms with van der Waals surface area (Å²) in [6, 6.07) is 6.00. The average Bonchev–Trinajstić information content (AvgIpc) is 2.92. The van der Waals surface area contributed by atoms with Crippen LogP contribution in [0.2, 0.25) is 0 Å². The second-order valence-corrected chi connectivity index (χ2v) is 5.88. The first-order valence-corrected chi connectivity index (χ1v) is 7.44. The maximum atomic E-state index is 5.98. The smallest absolute Gasteiger partial charge is 0.0437 e. The first kappa shape index (κ1) is 11.7. The molecule has 4 heteroatoms. The van der Waals surface area contributed by atoms with Crippen molar-refractivity contribution in [2.24, 2.45) is 5.92 Å². The predicted molar refractivity (Wildman–Crippen MR) is 80.1 cm³/mol. The van der Waals surface area contributed by atoms with E-state index in [1.54, 1.807) is 6.20 Å². The summed E-state index contributed by atoms with van der Waals surface area (Å²) in [7, 11) is 0. The fourth-order valence-electron chi connectivity index (χ4n) is 2.37. The Balaban J connectivity index is 1.85. The molecule has 1 atom stereocenters. The van der Waals surface area contributed by atoms with Gasteiger partial charge in [0.1, 0.15) is 0 Å². The lowest BCUT2D eigenvalue weighted by atomic mass is 10.1. The van der Waals surface area contributed by atoms with E-state index in [0.717, 1.165) is 34.6 Å². The SMILES string of the molecule is Nc1ccc(NCC2CCSC2)c2cnccc12. The molecule has 0 bridgehead atoms. The van der Waals surface area contributed by atoms with Crippen LogP contribution in [0.1, 0.15) is 6.42 Å². The zero-order chi connectivity index (χ0) is 12.4. The van der Waals surface area contributed by atoms with Crippen LogP contribution < -0.4 is 11.1 Å². The van der Waals surface area contributed by atoms with Crippen LogP contribution >= 0.6 is 11.8 Å². The van der Waals surface area contributed by atoms with E-state index in [1.165, 1.54) is 17.9 Å². The summed E-state index contributed by atoms with van der Waals surface area (Å²) in [5, 5.41) is 5.74. The topological polar surface area (TPSA) is 50.9 Å². The molecule has 0 spiro atoms. The van der Waals surface area contributed by atoms with Gasteiger partial charge in [-0.25, -0.2) is 0 Å². The Labute approximate surface area is 111 Å². The molecule has 1 aromatic carbocycles. The molecule has 3 rings (SSSR count). The highest BCUT2D eigenvalue weighted by Gasteiger charge is 2.15. The van der Waals surface area contributed by atoms with Crippen LogP contribution in [0, 0.1) is 5.92 Å². The first-order chi connectivity index (χ1) is 8.84. The molecular formula is C14H17N3S. The highest BCUT2D eigenvalue weighted by atomic mass is 32.2. The number of rotatable bonds is 3. The quantitative estimate of drug-likeness (QED) is 0.832. The Morgan fingerprint density at radius 1 is 1.33 bits per heavy atom. The molecule has 1 aromatic heterocycles. The van der Waals surface area contributed by atoms with E-state index in [0.29, 0.717) is 0 Å². The van der Waals surface area contributed by atoms with Crippen molar-refractivity contribution in [3.8, 4) is 0 Å². The number of nitrogens with one attached hydrogen (secondary N) is 1. The van der Waals surface area contributed by atoms with Crippen molar-refractivity contribution in [2.45, 2.75) is 6.42 Å². The Morgan fingerprint density at radius 2 is 2.28 bits per heavy atom. The van der Waals surface area contributed by atoms with Crippen LogP contribution in [-0.2, 0) is 0 Å². The lowest BCUT2D eigenvalue weighted by Gasteiger charge is -2.14. The summed E-state index contributed by atoms with van der Waals surface area (Å²) in [6.07, 6.45) is 5.00. The fourth-order valence-corrected chi connectivity index (χ4v) is 3.65. The third-order valence-corrected chi connectivity index (χ3v) is 4.69. The van der Waals surface area contributed by atoms with Crippen molar-refractivity contribution in [3.05, 3.63) is 30.6 Å². The number of hydrogen-bond donors (Lipinski definition) is 2. The normalized spacial score (nSPS) is 19.2. The summed E-state index contributed by atoms with van der Waals surface area (Å²) in [4.78, 5) is 4.19. The number of nitrogen functional groups attached to an aromatic ring is 1. The number of thioether (sulfide) groups is 1. The molecule has 3 N–H and O–H groups in total. The van der Waals surface area contributed by atoms with Crippen molar-refractivity contribution in [1.82, 2.24) is 4.98 Å². The number of nitrogens with zero attached hydrogens (tertiary/aromatic N) is 1. The third-order valence-electron chi connectivity index (χ3n) is 3.46. The lowest BCUT2D eigenvalue weighted by Crippen LogP contribution is -2.13. The standard InChI is InChI=1S/C14H17N3S/c15-13-1-2-14(12-8-16-5-3-11(12)13)17-7-10-4-6-18-9-10/h1-3,5,8,10,17H,4,6-7,9,15H2. The largest absolute Gasteiger partial charge is 0.398 e. The molecule has 1 aliphatic heterocycles. The lowest BCUT2D eigenvalue weighted by molar-refractivity contribution is 0.632. The molecular weight excluding hydrogens is 242 g/mol. The second-order valence-electron chi connectivity index (χ2n) is 4.73. The van der Waals surface area contributed by atoms with Crippen LogP contribution in [0.15, 0.2) is 30.6 Å². The molecule has 1 aliphatic rings. The maximum Gasteiger partial charge on any atom is 0.0437 e. The average molecular weight is 259 g/mol. The Bertz CT molecular complexity index is 550. The molecule has 0 radical (unpaired) electrons. The van der Waals surface area contributed by atoms with Gasteiger partial charge in [0.05, 0.1) is 0 Å². The Kier molecular flexibility index (Phi) is 3.28. The van der Waals surface area contributed by atoms with E-state index < -0.39 is 0 Å². The highest BCUT2D eigenvalue weighted by molar-refractivity contribution is 7.99. The van der Waals surface area contributed by atoms with Crippen LogP contribution in [0.4, 0.5) is 11.4 Å². The van der Waals surface area contributed by atoms with Gasteiger partial charge in [-0.05, 0) is 42.0 Å². The highest BCUT2D eigenvalue weighted by Crippen LogP contribution is 2.29. The van der Waals surface area contributed by atoms with Gasteiger partial charge in [-0.15, -0.1) is 0 Å². The van der Waals surface area contributed by atoms with E-state index in [9.17, 15) is 0 Å². The van der Waals surface area contributed by atoms with Crippen molar-refractivity contribution >= 4 is 33.9 Å². The molecule has 94 valence electrons. The molecule has 1 saturated heterocycles. The van der Waals surface area contributed by atoms with Gasteiger partial charge in [-0.2, -0.15) is 11.8 Å². The van der Waals surface area contributed by atoms with E-state index in [2.05, 4.69) is 28.1 Å². The summed E-state index contributed by atoms with van der Waals surface area (Å²) in [6.45, 7) is 1.04. The van der Waals surface area contributed by atoms with Gasteiger partial charge in [-0.3, -0.25) is 4.98 Å². The second kappa shape index (κ2) is 5.06. The minimum Gasteiger partial charge on any atom is -0.398 e. The Hall–Kier alpha value is -1.42. The molecule has 2 heterocycles. The summed E-state index contributed by atoms with van der Waals surface area (Å²) < 4.78 is 0. The van der Waals surface area contributed by atoms with Gasteiger partial charge in [-0.1, -0.05) is 0 Å². The molecule has 1 fully saturated rings. The minimum absolute atomic E-state index is 0.791. The van der Waals surface area contributed by atoms with E-state index in [4.69, 9.17) is 5.73 Å². The number of hydrogen-bond acceptors (Lipinski definition) is 4. The molecule has 0 saturated carbocycles. The number of anilines is 2. The van der Waals surface area contributed by atoms with Crippen molar-refractivity contribution in [1.29, 1.82) is 0 Å². The van der Waals surface area contributed by atoms with Crippen LogP contribution in [0.5, 0.6) is 0 Å². The van der Waals surface area contributed by atoms with Gasteiger partial charge >= 0.3 is 0 Å². The number of benzene rings is 1. The number of pyridine rings is 1. The van der Waals surface area contributed by atoms with E-state index >= 15 is 0 Å².